The number of anilines is 1. The highest BCUT2D eigenvalue weighted by molar-refractivity contribution is 7.89. The second-order valence-corrected chi connectivity index (χ2v) is 10.4. The van der Waals surface area contributed by atoms with Crippen molar-refractivity contribution in [3.63, 3.8) is 0 Å². The first-order chi connectivity index (χ1) is 13.7. The summed E-state index contributed by atoms with van der Waals surface area (Å²) in [6, 6.07) is 4.18. The van der Waals surface area contributed by atoms with Crippen LogP contribution in [-0.4, -0.2) is 33.9 Å². The quantitative estimate of drug-likeness (QED) is 0.643. The first-order valence-corrected chi connectivity index (χ1v) is 11.5. The normalized spacial score (nSPS) is 30.1. The molecule has 0 aromatic heterocycles. The van der Waals surface area contributed by atoms with Crippen LogP contribution in [0.5, 0.6) is 5.75 Å². The van der Waals surface area contributed by atoms with Gasteiger partial charge in [-0.1, -0.05) is 0 Å². The molecule has 1 aromatic carbocycles. The molecule has 4 aliphatic carbocycles. The molecule has 0 spiro atoms. The molecule has 0 aliphatic heterocycles. The minimum Gasteiger partial charge on any atom is -0.495 e. The summed E-state index contributed by atoms with van der Waals surface area (Å²) in [6.45, 7) is -0.155. The number of hydrogen-bond donors (Lipinski definition) is 3. The van der Waals surface area contributed by atoms with E-state index in [1.807, 2.05) is 0 Å². The zero-order valence-corrected chi connectivity index (χ0v) is 17.3. The van der Waals surface area contributed by atoms with Crippen molar-refractivity contribution in [3.8, 4) is 5.75 Å². The molecule has 4 N–H and O–H groups in total. The largest absolute Gasteiger partial charge is 0.495 e. The maximum absolute atomic E-state index is 12.9. The highest BCUT2D eigenvalue weighted by Crippen LogP contribution is 2.60. The minimum absolute atomic E-state index is 0.0216. The summed E-state index contributed by atoms with van der Waals surface area (Å²) < 4.78 is 28.4. The summed E-state index contributed by atoms with van der Waals surface area (Å²) >= 11 is 0. The van der Waals surface area contributed by atoms with Crippen molar-refractivity contribution >= 4 is 27.5 Å². The number of carbonyl (C=O) groups is 2. The first-order valence-electron chi connectivity index (χ1n) is 9.97. The summed E-state index contributed by atoms with van der Waals surface area (Å²) in [7, 11) is -2.67. The minimum atomic E-state index is -4.00. The number of nitrogens with two attached hydrogens (primary N) is 1. The number of rotatable bonds is 6. The van der Waals surface area contributed by atoms with E-state index in [2.05, 4.69) is 10.6 Å². The number of primary sulfonamides is 1. The topological polar surface area (TPSA) is 128 Å². The molecular weight excluding hydrogens is 394 g/mol. The van der Waals surface area contributed by atoms with Gasteiger partial charge in [0.1, 0.15) is 10.6 Å². The van der Waals surface area contributed by atoms with Gasteiger partial charge in [0.05, 0.1) is 13.7 Å². The van der Waals surface area contributed by atoms with E-state index in [9.17, 15) is 18.0 Å². The molecule has 5 rings (SSSR count). The molecule has 2 amide bonds. The van der Waals surface area contributed by atoms with Crippen LogP contribution < -0.4 is 20.5 Å². The molecule has 4 saturated carbocycles. The number of benzene rings is 1. The van der Waals surface area contributed by atoms with Crippen LogP contribution in [0.4, 0.5) is 5.69 Å². The summed E-state index contributed by atoms with van der Waals surface area (Å²) in [5.74, 6) is 1.60. The van der Waals surface area contributed by atoms with Crippen LogP contribution in [0.1, 0.15) is 38.5 Å². The lowest BCUT2D eigenvalue weighted by Gasteiger charge is -2.55. The molecule has 1 aromatic rings. The number of nitrogens with one attached hydrogen (secondary N) is 2. The van der Waals surface area contributed by atoms with E-state index in [1.165, 1.54) is 44.6 Å². The molecule has 0 radical (unpaired) electrons. The highest BCUT2D eigenvalue weighted by atomic mass is 32.2. The van der Waals surface area contributed by atoms with E-state index < -0.39 is 15.9 Å². The standard InChI is InChI=1S/C20H27N3O5S/c1-28-16-3-2-15(7-17(16)29(21,26)27)23-18(24)11-22-19(25)20-8-12-4-13(9-20)6-14(5-12)10-20/h2-3,7,12-14H,4-6,8-11H2,1H3,(H,22,25)(H,23,24)(H2,21,26,27). The summed E-state index contributed by atoms with van der Waals surface area (Å²) in [4.78, 5) is 25.0. The predicted octanol–water partition coefficient (Wildman–Crippen LogP) is 1.61. The molecule has 0 heterocycles. The molecule has 4 fully saturated rings. The van der Waals surface area contributed by atoms with Crippen molar-refractivity contribution in [3.05, 3.63) is 18.2 Å². The molecule has 0 atom stereocenters. The van der Waals surface area contributed by atoms with Crippen molar-refractivity contribution < 1.29 is 22.7 Å². The number of hydrogen-bond acceptors (Lipinski definition) is 5. The van der Waals surface area contributed by atoms with Crippen LogP contribution in [0.2, 0.25) is 0 Å². The molecule has 0 saturated heterocycles. The Hall–Kier alpha value is -2.13. The van der Waals surface area contributed by atoms with E-state index in [0.717, 1.165) is 19.3 Å². The molecule has 158 valence electrons. The lowest BCUT2D eigenvalue weighted by atomic mass is 9.49. The van der Waals surface area contributed by atoms with Crippen molar-refractivity contribution in [1.82, 2.24) is 5.32 Å². The Morgan fingerprint density at radius 3 is 2.24 bits per heavy atom. The van der Waals surface area contributed by atoms with Crippen LogP contribution >= 0.6 is 0 Å². The van der Waals surface area contributed by atoms with Gasteiger partial charge in [-0.2, -0.15) is 0 Å². The third-order valence-corrected chi connectivity index (χ3v) is 7.62. The average molecular weight is 422 g/mol. The maximum Gasteiger partial charge on any atom is 0.243 e. The fourth-order valence-electron chi connectivity index (χ4n) is 5.92. The number of amides is 2. The van der Waals surface area contributed by atoms with E-state index in [0.29, 0.717) is 17.8 Å². The van der Waals surface area contributed by atoms with Gasteiger partial charge in [0.15, 0.2) is 0 Å². The van der Waals surface area contributed by atoms with Gasteiger partial charge in [-0.25, -0.2) is 13.6 Å². The van der Waals surface area contributed by atoms with Crippen LogP contribution in [0.15, 0.2) is 23.1 Å². The van der Waals surface area contributed by atoms with E-state index in [4.69, 9.17) is 9.88 Å². The van der Waals surface area contributed by atoms with Crippen molar-refractivity contribution in [1.29, 1.82) is 0 Å². The molecule has 4 aliphatic rings. The Kier molecular flexibility index (Phi) is 5.06. The van der Waals surface area contributed by atoms with E-state index >= 15 is 0 Å². The monoisotopic (exact) mass is 421 g/mol. The van der Waals surface area contributed by atoms with Crippen LogP contribution in [0.3, 0.4) is 0 Å². The highest BCUT2D eigenvalue weighted by Gasteiger charge is 2.54. The Morgan fingerprint density at radius 2 is 1.72 bits per heavy atom. The average Bonchev–Trinajstić information content (AvgIpc) is 2.64. The molecule has 29 heavy (non-hydrogen) atoms. The van der Waals surface area contributed by atoms with Gasteiger partial charge in [0, 0.05) is 11.1 Å². The fourth-order valence-corrected chi connectivity index (χ4v) is 6.64. The Labute approximate surface area is 170 Å². The van der Waals surface area contributed by atoms with Crippen LogP contribution in [-0.2, 0) is 19.6 Å². The van der Waals surface area contributed by atoms with Crippen molar-refractivity contribution in [2.24, 2.45) is 28.3 Å². The molecule has 8 nitrogen and oxygen atoms in total. The fraction of sp³-hybridized carbons (Fsp3) is 0.600. The summed E-state index contributed by atoms with van der Waals surface area (Å²) in [5, 5.41) is 10.6. The van der Waals surface area contributed by atoms with Gasteiger partial charge in [-0.3, -0.25) is 9.59 Å². The molecule has 4 bridgehead atoms. The molecule has 9 heteroatoms. The van der Waals surface area contributed by atoms with Gasteiger partial charge >= 0.3 is 0 Å². The molecular formula is C20H27N3O5S. The van der Waals surface area contributed by atoms with E-state index in [1.54, 1.807) is 0 Å². The second kappa shape index (κ2) is 7.28. The third-order valence-electron chi connectivity index (χ3n) is 6.68. The number of sulfonamides is 1. The van der Waals surface area contributed by atoms with Gasteiger partial charge in [-0.05, 0) is 74.5 Å². The smallest absolute Gasteiger partial charge is 0.243 e. The Morgan fingerprint density at radius 1 is 1.14 bits per heavy atom. The van der Waals surface area contributed by atoms with Crippen LogP contribution in [0, 0.1) is 23.2 Å². The van der Waals surface area contributed by atoms with Crippen LogP contribution in [0.25, 0.3) is 0 Å². The zero-order chi connectivity index (χ0) is 20.8. The second-order valence-electron chi connectivity index (χ2n) is 8.84. The number of carbonyl (C=O) groups excluding carboxylic acids is 2. The number of ether oxygens (including phenoxy) is 1. The molecule has 0 unspecified atom stereocenters. The lowest BCUT2D eigenvalue weighted by molar-refractivity contribution is -0.146. The SMILES string of the molecule is COc1ccc(NC(=O)CNC(=O)C23CC4CC(CC(C4)C2)C3)cc1S(N)(=O)=O. The van der Waals surface area contributed by atoms with Crippen molar-refractivity contribution in [2.45, 2.75) is 43.4 Å². The predicted molar refractivity (Wildman–Crippen MR) is 107 cm³/mol. The van der Waals surface area contributed by atoms with Gasteiger partial charge in [0.2, 0.25) is 21.8 Å². The van der Waals surface area contributed by atoms with Gasteiger partial charge in [-0.15, -0.1) is 0 Å². The lowest BCUT2D eigenvalue weighted by Crippen LogP contribution is -2.54. The number of methoxy groups -OCH3 is 1. The third kappa shape index (κ3) is 3.98. The maximum atomic E-state index is 12.9. The van der Waals surface area contributed by atoms with Gasteiger partial charge in [0.25, 0.3) is 0 Å². The van der Waals surface area contributed by atoms with E-state index in [-0.39, 0.29) is 34.2 Å². The van der Waals surface area contributed by atoms with Crippen molar-refractivity contribution in [2.75, 3.05) is 19.0 Å². The summed E-state index contributed by atoms with van der Waals surface area (Å²) in [6.07, 6.45) is 6.54. The zero-order valence-electron chi connectivity index (χ0n) is 16.4. The van der Waals surface area contributed by atoms with Gasteiger partial charge < -0.3 is 15.4 Å². The summed E-state index contributed by atoms with van der Waals surface area (Å²) in [5.41, 5.74) is -0.0421. The Balaban J connectivity index is 1.38. The Bertz CT molecular complexity index is 908. The first kappa shape index (κ1) is 20.2.